The Labute approximate surface area is 103 Å². The van der Waals surface area contributed by atoms with Crippen molar-refractivity contribution in [2.45, 2.75) is 4.90 Å². The number of amides is 1. The van der Waals surface area contributed by atoms with Crippen LogP contribution in [0, 0.1) is 0 Å². The van der Waals surface area contributed by atoms with Crippen molar-refractivity contribution in [2.75, 3.05) is 0 Å². The van der Waals surface area contributed by atoms with Crippen LogP contribution in [-0.4, -0.2) is 18.9 Å². The predicted molar refractivity (Wildman–Crippen MR) is 42.9 cm³/mol. The normalized spacial score (nSPS) is 10.4. The molecule has 0 heterocycles. The van der Waals surface area contributed by atoms with Crippen LogP contribution in [0.4, 0.5) is 0 Å². The van der Waals surface area contributed by atoms with Gasteiger partial charge in [0.1, 0.15) is 10.1 Å². The number of benzene rings is 1. The molecule has 0 bridgehead atoms. The average molecular weight is 223 g/mol. The summed E-state index contributed by atoms with van der Waals surface area (Å²) in [7, 11) is -4.45. The molecular formula is C7H6NNaO4S. The molecular weight excluding hydrogens is 217 g/mol. The van der Waals surface area contributed by atoms with E-state index in [2.05, 4.69) is 0 Å². The molecule has 0 aromatic heterocycles. The van der Waals surface area contributed by atoms with Crippen molar-refractivity contribution in [3.8, 4) is 0 Å². The first-order chi connectivity index (χ1) is 5.91. The van der Waals surface area contributed by atoms with Crippen molar-refractivity contribution in [3.05, 3.63) is 29.8 Å². The number of nitrogens with two attached hydrogens (primary N) is 1. The number of carbonyl (C=O) groups is 1. The Bertz CT molecular complexity index is 426. The summed E-state index contributed by atoms with van der Waals surface area (Å²) in [5, 5.41) is 0. The third kappa shape index (κ3) is 3.39. The van der Waals surface area contributed by atoms with Crippen molar-refractivity contribution in [1.29, 1.82) is 0 Å². The third-order valence-corrected chi connectivity index (χ3v) is 2.28. The van der Waals surface area contributed by atoms with Crippen LogP contribution in [0.3, 0.4) is 0 Å². The minimum atomic E-state index is -4.45. The van der Waals surface area contributed by atoms with Crippen LogP contribution >= 0.6 is 0 Å². The van der Waals surface area contributed by atoms with E-state index in [1.165, 1.54) is 12.1 Å². The molecule has 0 radical (unpaired) electrons. The van der Waals surface area contributed by atoms with Gasteiger partial charge in [-0.25, -0.2) is 8.42 Å². The van der Waals surface area contributed by atoms with Crippen molar-refractivity contribution in [1.82, 2.24) is 0 Å². The Morgan fingerprint density at radius 3 is 1.93 bits per heavy atom. The van der Waals surface area contributed by atoms with Crippen LogP contribution in [0.1, 0.15) is 10.4 Å². The third-order valence-electron chi connectivity index (χ3n) is 1.43. The van der Waals surface area contributed by atoms with E-state index in [9.17, 15) is 17.8 Å². The SMILES string of the molecule is NC(=O)c1ccc(S(=O)(=O)[O-])cc1.[Na+]. The molecule has 1 rings (SSSR count). The maximum Gasteiger partial charge on any atom is 1.00 e. The molecule has 0 saturated carbocycles. The zero-order valence-corrected chi connectivity index (χ0v) is 10.2. The van der Waals surface area contributed by atoms with Gasteiger partial charge in [0.05, 0.1) is 4.90 Å². The summed E-state index contributed by atoms with van der Waals surface area (Å²) in [4.78, 5) is 10.2. The second kappa shape index (κ2) is 4.90. The molecule has 0 atom stereocenters. The van der Waals surface area contributed by atoms with Gasteiger partial charge in [-0.05, 0) is 24.3 Å². The van der Waals surface area contributed by atoms with E-state index < -0.39 is 16.0 Å². The maximum atomic E-state index is 10.6. The van der Waals surface area contributed by atoms with Crippen molar-refractivity contribution >= 4 is 16.0 Å². The molecule has 0 saturated heterocycles. The quantitative estimate of drug-likeness (QED) is 0.419. The van der Waals surface area contributed by atoms with Gasteiger partial charge in [-0.1, -0.05) is 0 Å². The Morgan fingerprint density at radius 2 is 1.64 bits per heavy atom. The molecule has 7 heteroatoms. The van der Waals surface area contributed by atoms with E-state index in [1.807, 2.05) is 0 Å². The van der Waals surface area contributed by atoms with Crippen molar-refractivity contribution in [2.24, 2.45) is 5.73 Å². The van der Waals surface area contributed by atoms with E-state index in [-0.39, 0.29) is 40.0 Å². The molecule has 14 heavy (non-hydrogen) atoms. The summed E-state index contributed by atoms with van der Waals surface area (Å²) in [6, 6.07) is 4.46. The molecule has 70 valence electrons. The second-order valence-corrected chi connectivity index (χ2v) is 3.72. The summed E-state index contributed by atoms with van der Waals surface area (Å²) in [5.41, 5.74) is 5.07. The molecule has 2 N–H and O–H groups in total. The van der Waals surface area contributed by atoms with Crippen LogP contribution < -0.4 is 35.3 Å². The molecule has 0 aliphatic rings. The first-order valence-electron chi connectivity index (χ1n) is 3.27. The Balaban J connectivity index is 0.00000169. The zero-order chi connectivity index (χ0) is 10.1. The van der Waals surface area contributed by atoms with E-state index in [0.717, 1.165) is 12.1 Å². The summed E-state index contributed by atoms with van der Waals surface area (Å²) in [6.45, 7) is 0. The monoisotopic (exact) mass is 223 g/mol. The summed E-state index contributed by atoms with van der Waals surface area (Å²) >= 11 is 0. The fourth-order valence-corrected chi connectivity index (χ4v) is 1.26. The van der Waals surface area contributed by atoms with Crippen LogP contribution in [0.5, 0.6) is 0 Å². The number of hydrogen-bond acceptors (Lipinski definition) is 4. The van der Waals surface area contributed by atoms with E-state index in [4.69, 9.17) is 5.73 Å². The summed E-state index contributed by atoms with van der Waals surface area (Å²) < 4.78 is 31.3. The predicted octanol–water partition coefficient (Wildman–Crippen LogP) is -3.31. The van der Waals surface area contributed by atoms with Gasteiger partial charge in [0.2, 0.25) is 5.91 Å². The van der Waals surface area contributed by atoms with Gasteiger partial charge >= 0.3 is 29.6 Å². The fourth-order valence-electron chi connectivity index (χ4n) is 0.786. The first-order valence-corrected chi connectivity index (χ1v) is 4.68. The van der Waals surface area contributed by atoms with Gasteiger partial charge in [-0.15, -0.1) is 0 Å². The fraction of sp³-hybridized carbons (Fsp3) is 0. The van der Waals surface area contributed by atoms with Gasteiger partial charge in [0.25, 0.3) is 0 Å². The molecule has 1 aromatic carbocycles. The van der Waals surface area contributed by atoms with Gasteiger partial charge in [0.15, 0.2) is 0 Å². The minimum Gasteiger partial charge on any atom is -0.744 e. The molecule has 0 spiro atoms. The van der Waals surface area contributed by atoms with Crippen molar-refractivity contribution in [3.63, 3.8) is 0 Å². The number of primary amides is 1. The van der Waals surface area contributed by atoms with Gasteiger partial charge in [0, 0.05) is 5.56 Å². The molecule has 0 aliphatic heterocycles. The van der Waals surface area contributed by atoms with E-state index in [0.29, 0.717) is 0 Å². The molecule has 0 aliphatic carbocycles. The Morgan fingerprint density at radius 1 is 1.21 bits per heavy atom. The first kappa shape index (κ1) is 13.6. The van der Waals surface area contributed by atoms with Gasteiger partial charge in [-0.2, -0.15) is 0 Å². The molecule has 0 unspecified atom stereocenters. The molecule has 1 aromatic rings. The number of rotatable bonds is 2. The van der Waals surface area contributed by atoms with Gasteiger partial charge in [-0.3, -0.25) is 4.79 Å². The standard InChI is InChI=1S/C7H7NO4S.Na/c8-7(9)5-1-3-6(4-2-5)13(10,11)12;/h1-4H,(H2,8,9)(H,10,11,12);/q;+1/p-1. The van der Waals surface area contributed by atoms with Crippen LogP contribution in [-0.2, 0) is 10.1 Å². The molecule has 1 amide bonds. The minimum absolute atomic E-state index is 0. The topological polar surface area (TPSA) is 100 Å². The summed E-state index contributed by atoms with van der Waals surface area (Å²) in [6.07, 6.45) is 0. The Hall–Kier alpha value is -0.400. The van der Waals surface area contributed by atoms with Crippen LogP contribution in [0.2, 0.25) is 0 Å². The average Bonchev–Trinajstić information content (AvgIpc) is 2.03. The van der Waals surface area contributed by atoms with Crippen LogP contribution in [0.25, 0.3) is 0 Å². The van der Waals surface area contributed by atoms with Gasteiger partial charge < -0.3 is 10.3 Å². The molecule has 0 fully saturated rings. The number of hydrogen-bond donors (Lipinski definition) is 1. The van der Waals surface area contributed by atoms with Crippen molar-refractivity contribution < 1.29 is 47.3 Å². The van der Waals surface area contributed by atoms with E-state index in [1.54, 1.807) is 0 Å². The van der Waals surface area contributed by atoms with E-state index >= 15 is 0 Å². The second-order valence-electron chi connectivity index (χ2n) is 2.34. The molecule has 5 nitrogen and oxygen atoms in total. The summed E-state index contributed by atoms with van der Waals surface area (Å²) in [5.74, 6) is -0.671. The maximum absolute atomic E-state index is 10.6. The number of carbonyl (C=O) groups excluding carboxylic acids is 1. The van der Waals surface area contributed by atoms with Crippen LogP contribution in [0.15, 0.2) is 29.2 Å². The smallest absolute Gasteiger partial charge is 0.744 e. The Kier molecular flexibility index (Phi) is 4.76. The largest absolute Gasteiger partial charge is 1.00 e. The zero-order valence-electron chi connectivity index (χ0n) is 7.43.